The Balaban J connectivity index is 1.66. The molecule has 2 aromatic heterocycles. The Morgan fingerprint density at radius 3 is 2.64 bits per heavy atom. The van der Waals surface area contributed by atoms with Crippen molar-refractivity contribution < 1.29 is 5.11 Å². The SMILES string of the molecule is CC(C)Nc1ncnc2c1ncn2C[C@H]1C[C@@H](CO)c2ccccc21. The van der Waals surface area contributed by atoms with Crippen molar-refractivity contribution in [2.24, 2.45) is 0 Å². The highest BCUT2D eigenvalue weighted by Gasteiger charge is 2.30. The molecule has 2 N–H and O–H groups in total. The predicted octanol–water partition coefficient (Wildman–Crippen LogP) is 2.91. The van der Waals surface area contributed by atoms with E-state index in [1.54, 1.807) is 6.33 Å². The standard InChI is InChI=1S/C19H23N5O/c1-12(2)23-18-17-19(21-10-20-18)24(11-22-17)8-13-7-14(9-25)16-6-4-3-5-15(13)16/h3-6,10-14,25H,7-9H2,1-2H3,(H,20,21,23)/t13-,14+/m1/s1. The van der Waals surface area contributed by atoms with E-state index in [9.17, 15) is 5.11 Å². The number of rotatable bonds is 5. The van der Waals surface area contributed by atoms with Crippen LogP contribution in [-0.2, 0) is 6.54 Å². The molecule has 1 aliphatic carbocycles. The largest absolute Gasteiger partial charge is 0.396 e. The number of nitrogens with zero attached hydrogens (tertiary/aromatic N) is 4. The van der Waals surface area contributed by atoms with E-state index in [4.69, 9.17) is 0 Å². The van der Waals surface area contributed by atoms with E-state index in [1.807, 2.05) is 12.4 Å². The van der Waals surface area contributed by atoms with Crippen molar-refractivity contribution in [1.82, 2.24) is 19.5 Å². The molecule has 6 heteroatoms. The van der Waals surface area contributed by atoms with Crippen molar-refractivity contribution in [1.29, 1.82) is 0 Å². The smallest absolute Gasteiger partial charge is 0.165 e. The lowest BCUT2D eigenvalue weighted by molar-refractivity contribution is 0.259. The molecular weight excluding hydrogens is 314 g/mol. The van der Waals surface area contributed by atoms with Crippen molar-refractivity contribution in [3.05, 3.63) is 48.0 Å². The van der Waals surface area contributed by atoms with Gasteiger partial charge in [0.05, 0.1) is 6.33 Å². The van der Waals surface area contributed by atoms with Crippen LogP contribution in [0.25, 0.3) is 11.2 Å². The summed E-state index contributed by atoms with van der Waals surface area (Å²) in [7, 11) is 0. The Morgan fingerprint density at radius 2 is 1.92 bits per heavy atom. The summed E-state index contributed by atoms with van der Waals surface area (Å²) < 4.78 is 2.10. The predicted molar refractivity (Wildman–Crippen MR) is 97.7 cm³/mol. The summed E-state index contributed by atoms with van der Waals surface area (Å²) in [5.74, 6) is 1.37. The molecule has 0 aliphatic heterocycles. The Morgan fingerprint density at radius 1 is 1.16 bits per heavy atom. The molecular formula is C19H23N5O. The molecule has 0 saturated carbocycles. The Kier molecular flexibility index (Phi) is 4.13. The molecule has 0 bridgehead atoms. The second-order valence-electron chi connectivity index (χ2n) is 7.03. The zero-order valence-corrected chi connectivity index (χ0v) is 14.6. The average Bonchev–Trinajstić information content (AvgIpc) is 3.18. The minimum absolute atomic E-state index is 0.197. The van der Waals surface area contributed by atoms with Gasteiger partial charge in [-0.2, -0.15) is 0 Å². The highest BCUT2D eigenvalue weighted by Crippen LogP contribution is 2.42. The van der Waals surface area contributed by atoms with Crippen molar-refractivity contribution >= 4 is 17.0 Å². The number of benzene rings is 1. The summed E-state index contributed by atoms with van der Waals surface area (Å²) in [5.41, 5.74) is 4.26. The second-order valence-corrected chi connectivity index (χ2v) is 7.03. The number of fused-ring (bicyclic) bond motifs is 2. The number of aliphatic hydroxyl groups is 1. The van der Waals surface area contributed by atoms with E-state index in [2.05, 4.69) is 56.9 Å². The molecule has 2 heterocycles. The maximum absolute atomic E-state index is 9.70. The van der Waals surface area contributed by atoms with Crippen LogP contribution in [0, 0.1) is 0 Å². The van der Waals surface area contributed by atoms with Crippen LogP contribution in [0.1, 0.15) is 43.2 Å². The first-order chi connectivity index (χ1) is 12.2. The van der Waals surface area contributed by atoms with Gasteiger partial charge in [0.25, 0.3) is 0 Å². The first kappa shape index (κ1) is 16.0. The number of anilines is 1. The minimum atomic E-state index is 0.197. The van der Waals surface area contributed by atoms with Crippen LogP contribution in [0.3, 0.4) is 0 Å². The maximum atomic E-state index is 9.70. The van der Waals surface area contributed by atoms with Crippen molar-refractivity contribution in [2.75, 3.05) is 11.9 Å². The van der Waals surface area contributed by atoms with E-state index in [1.165, 1.54) is 11.1 Å². The number of aromatic nitrogens is 4. The molecule has 0 fully saturated rings. The normalized spacial score (nSPS) is 19.5. The third kappa shape index (κ3) is 2.87. The Hall–Kier alpha value is -2.47. The van der Waals surface area contributed by atoms with Gasteiger partial charge in [-0.1, -0.05) is 24.3 Å². The Bertz CT molecular complexity index is 888. The summed E-state index contributed by atoms with van der Waals surface area (Å²) in [4.78, 5) is 13.3. The van der Waals surface area contributed by atoms with Crippen LogP contribution in [0.5, 0.6) is 0 Å². The van der Waals surface area contributed by atoms with Gasteiger partial charge in [0.2, 0.25) is 0 Å². The summed E-state index contributed by atoms with van der Waals surface area (Å²) in [6.45, 7) is 5.16. The molecule has 0 spiro atoms. The van der Waals surface area contributed by atoms with Crippen molar-refractivity contribution in [2.45, 2.75) is 44.7 Å². The molecule has 3 aromatic rings. The zero-order valence-electron chi connectivity index (χ0n) is 14.6. The van der Waals surface area contributed by atoms with Crippen molar-refractivity contribution in [3.8, 4) is 0 Å². The molecule has 1 aromatic carbocycles. The number of imidazole rings is 1. The van der Waals surface area contributed by atoms with E-state index < -0.39 is 0 Å². The van der Waals surface area contributed by atoms with Crippen LogP contribution < -0.4 is 5.32 Å². The number of nitrogens with one attached hydrogen (secondary N) is 1. The monoisotopic (exact) mass is 337 g/mol. The number of aliphatic hydroxyl groups excluding tert-OH is 1. The van der Waals surface area contributed by atoms with Crippen molar-refractivity contribution in [3.63, 3.8) is 0 Å². The van der Waals surface area contributed by atoms with E-state index in [0.29, 0.717) is 5.92 Å². The number of hydrogen-bond acceptors (Lipinski definition) is 5. The Labute approximate surface area is 147 Å². The molecule has 6 nitrogen and oxygen atoms in total. The summed E-state index contributed by atoms with van der Waals surface area (Å²) in [6.07, 6.45) is 4.39. The molecule has 25 heavy (non-hydrogen) atoms. The lowest BCUT2D eigenvalue weighted by atomic mass is 10.0. The average molecular weight is 337 g/mol. The highest BCUT2D eigenvalue weighted by molar-refractivity contribution is 5.82. The van der Waals surface area contributed by atoms with Gasteiger partial charge in [-0.3, -0.25) is 0 Å². The quantitative estimate of drug-likeness (QED) is 0.749. The summed E-state index contributed by atoms with van der Waals surface area (Å²) in [6, 6.07) is 8.72. The summed E-state index contributed by atoms with van der Waals surface area (Å²) >= 11 is 0. The van der Waals surface area contributed by atoms with Gasteiger partial charge < -0.3 is 15.0 Å². The van der Waals surface area contributed by atoms with Crippen LogP contribution in [-0.4, -0.2) is 37.3 Å². The van der Waals surface area contributed by atoms with Gasteiger partial charge in [0, 0.05) is 31.0 Å². The second kappa shape index (κ2) is 6.44. The van der Waals surface area contributed by atoms with Gasteiger partial charge >= 0.3 is 0 Å². The molecule has 4 rings (SSSR count). The minimum Gasteiger partial charge on any atom is -0.396 e. The third-order valence-electron chi connectivity index (χ3n) is 4.91. The van der Waals surface area contributed by atoms with Gasteiger partial charge in [-0.05, 0) is 31.4 Å². The third-order valence-corrected chi connectivity index (χ3v) is 4.91. The van der Waals surface area contributed by atoms with Gasteiger partial charge in [-0.15, -0.1) is 0 Å². The van der Waals surface area contributed by atoms with E-state index >= 15 is 0 Å². The topological polar surface area (TPSA) is 75.9 Å². The molecule has 0 saturated heterocycles. The van der Waals surface area contributed by atoms with Gasteiger partial charge in [-0.25, -0.2) is 15.0 Å². The molecule has 0 amide bonds. The fraction of sp³-hybridized carbons (Fsp3) is 0.421. The van der Waals surface area contributed by atoms with E-state index in [-0.39, 0.29) is 18.6 Å². The van der Waals surface area contributed by atoms with Crippen LogP contribution in [0.2, 0.25) is 0 Å². The van der Waals surface area contributed by atoms with Crippen LogP contribution in [0.15, 0.2) is 36.9 Å². The first-order valence-electron chi connectivity index (χ1n) is 8.79. The van der Waals surface area contributed by atoms with E-state index in [0.717, 1.165) is 29.9 Å². The highest BCUT2D eigenvalue weighted by atomic mass is 16.3. The molecule has 0 radical (unpaired) electrons. The molecule has 130 valence electrons. The fourth-order valence-corrected chi connectivity index (χ4v) is 3.83. The van der Waals surface area contributed by atoms with Crippen LogP contribution >= 0.6 is 0 Å². The first-order valence-corrected chi connectivity index (χ1v) is 8.79. The molecule has 0 unspecified atom stereocenters. The van der Waals surface area contributed by atoms with Gasteiger partial charge in [0.15, 0.2) is 11.5 Å². The lowest BCUT2D eigenvalue weighted by Crippen LogP contribution is -2.12. The maximum Gasteiger partial charge on any atom is 0.165 e. The number of hydrogen-bond donors (Lipinski definition) is 2. The zero-order chi connectivity index (χ0) is 17.4. The van der Waals surface area contributed by atoms with Crippen LogP contribution in [0.4, 0.5) is 5.82 Å². The molecule has 1 aliphatic rings. The lowest BCUT2D eigenvalue weighted by Gasteiger charge is -2.13. The molecule has 2 atom stereocenters. The summed E-state index contributed by atoms with van der Waals surface area (Å²) in [5, 5.41) is 13.0. The fourth-order valence-electron chi connectivity index (χ4n) is 3.83. The van der Waals surface area contributed by atoms with Gasteiger partial charge in [0.1, 0.15) is 11.8 Å².